The number of pyridine rings is 1. The highest BCUT2D eigenvalue weighted by atomic mass is 79.9. The van der Waals surface area contributed by atoms with Crippen LogP contribution in [-0.4, -0.2) is 27.4 Å². The number of carbonyl (C=O) groups is 1. The molecule has 1 aromatic carbocycles. The summed E-state index contributed by atoms with van der Waals surface area (Å²) < 4.78 is 1.04. The molecule has 0 unspecified atom stereocenters. The van der Waals surface area contributed by atoms with Gasteiger partial charge in [0.25, 0.3) is 0 Å². The minimum atomic E-state index is -0.0654. The summed E-state index contributed by atoms with van der Waals surface area (Å²) in [5.74, 6) is -0.0333. The Balaban J connectivity index is 1.51. The molecule has 0 bridgehead atoms. The quantitative estimate of drug-likeness (QED) is 0.454. The van der Waals surface area contributed by atoms with Gasteiger partial charge in [0, 0.05) is 39.6 Å². The molecule has 8 heteroatoms. The average Bonchev–Trinajstić information content (AvgIpc) is 3.31. The van der Waals surface area contributed by atoms with Crippen LogP contribution in [0.25, 0.3) is 0 Å². The summed E-state index contributed by atoms with van der Waals surface area (Å²) >= 11 is 10.9. The van der Waals surface area contributed by atoms with E-state index in [0.29, 0.717) is 18.1 Å². The van der Waals surface area contributed by atoms with Gasteiger partial charge in [-0.25, -0.2) is 0 Å². The number of aromatic nitrogens is 1. The van der Waals surface area contributed by atoms with Crippen molar-refractivity contribution in [3.8, 4) is 0 Å². The van der Waals surface area contributed by atoms with Crippen LogP contribution in [0.1, 0.15) is 34.6 Å². The topological polar surface area (TPSA) is 57.3 Å². The number of nitrogens with zero attached hydrogens (tertiary/aromatic N) is 2. The smallest absolute Gasteiger partial charge is 0.226 e. The number of amides is 1. The van der Waals surface area contributed by atoms with Crippen LogP contribution in [-0.2, 0) is 4.79 Å². The lowest BCUT2D eigenvalue weighted by molar-refractivity contribution is -0.116. The Morgan fingerprint density at radius 2 is 2.10 bits per heavy atom. The molecule has 2 N–H and O–H groups in total. The zero-order valence-electron chi connectivity index (χ0n) is 16.3. The van der Waals surface area contributed by atoms with Crippen molar-refractivity contribution in [3.63, 3.8) is 0 Å². The highest BCUT2D eigenvalue weighted by Gasteiger charge is 2.40. The molecule has 4 rings (SSSR count). The molecule has 0 aliphatic carbocycles. The van der Waals surface area contributed by atoms with Crippen LogP contribution in [0.5, 0.6) is 0 Å². The number of thiophene rings is 1. The molecule has 30 heavy (non-hydrogen) atoms. The van der Waals surface area contributed by atoms with Crippen molar-refractivity contribution in [2.24, 2.45) is 0 Å². The molecule has 1 saturated heterocycles. The normalized spacial score (nSPS) is 18.3. The number of aryl methyl sites for hydroxylation is 1. The maximum absolute atomic E-state index is 12.5. The highest BCUT2D eigenvalue weighted by Crippen LogP contribution is 2.41. The van der Waals surface area contributed by atoms with Gasteiger partial charge >= 0.3 is 0 Å². The van der Waals surface area contributed by atoms with Gasteiger partial charge in [-0.1, -0.05) is 23.8 Å². The van der Waals surface area contributed by atoms with Crippen LogP contribution in [0.15, 0.2) is 64.6 Å². The molecule has 0 spiro atoms. The number of halogens is 1. The van der Waals surface area contributed by atoms with Gasteiger partial charge in [0.1, 0.15) is 0 Å². The molecular weight excluding hydrogens is 480 g/mol. The number of carbonyl (C=O) groups excluding carboxylic acids is 1. The van der Waals surface area contributed by atoms with E-state index in [9.17, 15) is 4.79 Å². The van der Waals surface area contributed by atoms with Gasteiger partial charge in [0.15, 0.2) is 5.11 Å². The first kappa shape index (κ1) is 21.0. The van der Waals surface area contributed by atoms with E-state index < -0.39 is 0 Å². The molecule has 1 amide bonds. The fourth-order valence-corrected chi connectivity index (χ4v) is 5.45. The SMILES string of the molecule is Cc1ccc(NC(=O)CCN2C(=S)N[C@@H](c3ccccn3)[C@@H]2c2cc(Br)cs2)cc1. The predicted molar refractivity (Wildman–Crippen MR) is 129 cm³/mol. The molecular formula is C22H21BrN4OS2. The number of hydrogen-bond donors (Lipinski definition) is 2. The Morgan fingerprint density at radius 3 is 2.77 bits per heavy atom. The van der Waals surface area contributed by atoms with Crippen LogP contribution in [0.3, 0.4) is 0 Å². The van der Waals surface area contributed by atoms with Crippen molar-refractivity contribution >= 4 is 56.2 Å². The number of benzene rings is 1. The fraction of sp³-hybridized carbons (Fsp3) is 0.227. The summed E-state index contributed by atoms with van der Waals surface area (Å²) in [5.41, 5.74) is 2.89. The van der Waals surface area contributed by atoms with E-state index in [1.807, 2.05) is 49.4 Å². The Morgan fingerprint density at radius 1 is 1.30 bits per heavy atom. The van der Waals surface area contributed by atoms with Gasteiger partial charge in [0.05, 0.1) is 17.8 Å². The summed E-state index contributed by atoms with van der Waals surface area (Å²) in [5, 5.41) is 9.08. The van der Waals surface area contributed by atoms with E-state index in [1.54, 1.807) is 17.5 Å². The van der Waals surface area contributed by atoms with Gasteiger partial charge < -0.3 is 15.5 Å². The number of thiocarbonyl (C=S) groups is 1. The van der Waals surface area contributed by atoms with Crippen molar-refractivity contribution in [3.05, 3.63) is 80.7 Å². The molecule has 3 heterocycles. The van der Waals surface area contributed by atoms with Crippen LogP contribution < -0.4 is 10.6 Å². The fourth-order valence-electron chi connectivity index (χ4n) is 3.52. The number of anilines is 1. The molecule has 1 aliphatic rings. The Bertz CT molecular complexity index is 1040. The van der Waals surface area contributed by atoms with Crippen molar-refractivity contribution in [1.82, 2.24) is 15.2 Å². The van der Waals surface area contributed by atoms with E-state index >= 15 is 0 Å². The van der Waals surface area contributed by atoms with Gasteiger partial charge in [0.2, 0.25) is 5.91 Å². The largest absolute Gasteiger partial charge is 0.352 e. The summed E-state index contributed by atoms with van der Waals surface area (Å²) in [7, 11) is 0. The Hall–Kier alpha value is -2.29. The summed E-state index contributed by atoms with van der Waals surface area (Å²) in [6.07, 6.45) is 2.13. The maximum Gasteiger partial charge on any atom is 0.226 e. The van der Waals surface area contributed by atoms with Crippen molar-refractivity contribution < 1.29 is 4.79 Å². The second-order valence-electron chi connectivity index (χ2n) is 7.15. The number of hydrogen-bond acceptors (Lipinski definition) is 4. The molecule has 0 radical (unpaired) electrons. The van der Waals surface area contributed by atoms with Crippen LogP contribution in [0.4, 0.5) is 5.69 Å². The molecule has 1 fully saturated rings. The third-order valence-corrected chi connectivity index (χ3v) is 7.11. The molecule has 0 saturated carbocycles. The zero-order chi connectivity index (χ0) is 21.1. The van der Waals surface area contributed by atoms with Gasteiger partial charge in [-0.15, -0.1) is 11.3 Å². The average molecular weight is 501 g/mol. The van der Waals surface area contributed by atoms with E-state index in [2.05, 4.69) is 47.9 Å². The first-order chi connectivity index (χ1) is 14.5. The zero-order valence-corrected chi connectivity index (χ0v) is 19.6. The lowest BCUT2D eigenvalue weighted by Crippen LogP contribution is -2.32. The van der Waals surface area contributed by atoms with Gasteiger partial charge in [-0.05, 0) is 65.4 Å². The lowest BCUT2D eigenvalue weighted by Gasteiger charge is -2.26. The van der Waals surface area contributed by atoms with E-state index in [-0.39, 0.29) is 18.0 Å². The predicted octanol–water partition coefficient (Wildman–Crippen LogP) is 5.22. The second-order valence-corrected chi connectivity index (χ2v) is 9.40. The van der Waals surface area contributed by atoms with Gasteiger partial charge in [-0.2, -0.15) is 0 Å². The molecule has 1 aliphatic heterocycles. The van der Waals surface area contributed by atoms with E-state index in [1.165, 1.54) is 4.88 Å². The third-order valence-electron chi connectivity index (χ3n) is 4.99. The van der Waals surface area contributed by atoms with E-state index in [0.717, 1.165) is 21.4 Å². The van der Waals surface area contributed by atoms with E-state index in [4.69, 9.17) is 12.2 Å². The summed E-state index contributed by atoms with van der Waals surface area (Å²) in [6.45, 7) is 2.54. The van der Waals surface area contributed by atoms with Gasteiger partial charge in [-0.3, -0.25) is 9.78 Å². The third kappa shape index (κ3) is 4.71. The first-order valence-corrected chi connectivity index (χ1v) is 11.7. The first-order valence-electron chi connectivity index (χ1n) is 9.60. The maximum atomic E-state index is 12.5. The van der Waals surface area contributed by atoms with Crippen LogP contribution in [0.2, 0.25) is 0 Å². The summed E-state index contributed by atoms with van der Waals surface area (Å²) in [6, 6.07) is 15.7. The Kier molecular flexibility index (Phi) is 6.46. The lowest BCUT2D eigenvalue weighted by atomic mass is 10.0. The minimum absolute atomic E-state index is 0.0177. The van der Waals surface area contributed by atoms with Crippen LogP contribution >= 0.6 is 39.5 Å². The second kappa shape index (κ2) is 9.24. The number of rotatable bonds is 6. The van der Waals surface area contributed by atoms with Crippen LogP contribution in [0, 0.1) is 6.92 Å². The molecule has 3 aromatic rings. The molecule has 5 nitrogen and oxygen atoms in total. The Labute approximate surface area is 193 Å². The van der Waals surface area contributed by atoms with Crippen molar-refractivity contribution in [2.75, 3.05) is 11.9 Å². The molecule has 2 atom stereocenters. The standard InChI is InChI=1S/C22H21BrN4OS2/c1-14-5-7-16(8-6-14)25-19(28)9-11-27-21(18-12-15(23)13-30-18)20(26-22(27)29)17-4-2-3-10-24-17/h2-8,10,12-13,20-21H,9,11H2,1H3,(H,25,28)(H,26,29)/t20-,21-/m0/s1. The highest BCUT2D eigenvalue weighted by molar-refractivity contribution is 9.10. The minimum Gasteiger partial charge on any atom is -0.352 e. The van der Waals surface area contributed by atoms with Crippen molar-refractivity contribution in [2.45, 2.75) is 25.4 Å². The van der Waals surface area contributed by atoms with Crippen molar-refractivity contribution in [1.29, 1.82) is 0 Å². The molecule has 2 aromatic heterocycles. The summed E-state index contributed by atoms with van der Waals surface area (Å²) in [4.78, 5) is 20.3. The molecule has 154 valence electrons. The number of nitrogens with one attached hydrogen (secondary N) is 2. The monoisotopic (exact) mass is 500 g/mol.